The van der Waals surface area contributed by atoms with Gasteiger partial charge in [-0.1, -0.05) is 0 Å². The van der Waals surface area contributed by atoms with Gasteiger partial charge < -0.3 is 9.84 Å². The Hall–Kier alpha value is -2.04. The first kappa shape index (κ1) is 10.5. The molecule has 1 aromatic carbocycles. The SMILES string of the molecule is COc1ccc(C2=NN[C@@H](C(=O)O)C2)cc1. The number of aliphatic carboxylic acids is 1. The van der Waals surface area contributed by atoms with Crippen LogP contribution in [0.25, 0.3) is 0 Å². The summed E-state index contributed by atoms with van der Waals surface area (Å²) in [6.07, 6.45) is 0.404. The van der Waals surface area contributed by atoms with Gasteiger partial charge in [-0.2, -0.15) is 5.10 Å². The second-order valence-electron chi connectivity index (χ2n) is 3.51. The van der Waals surface area contributed by atoms with Gasteiger partial charge in [-0.05, 0) is 29.8 Å². The summed E-state index contributed by atoms with van der Waals surface area (Å²) in [6, 6.07) is 6.77. The van der Waals surface area contributed by atoms with E-state index >= 15 is 0 Å². The van der Waals surface area contributed by atoms with Gasteiger partial charge in [0, 0.05) is 6.42 Å². The molecule has 16 heavy (non-hydrogen) atoms. The number of nitrogens with one attached hydrogen (secondary N) is 1. The summed E-state index contributed by atoms with van der Waals surface area (Å²) in [4.78, 5) is 10.7. The lowest BCUT2D eigenvalue weighted by molar-refractivity contribution is -0.139. The van der Waals surface area contributed by atoms with Crippen molar-refractivity contribution in [3.8, 4) is 5.75 Å². The smallest absolute Gasteiger partial charge is 0.328 e. The fourth-order valence-corrected chi connectivity index (χ4v) is 1.55. The molecule has 0 amide bonds. The average Bonchev–Trinajstić information content (AvgIpc) is 2.78. The Labute approximate surface area is 92.7 Å². The quantitative estimate of drug-likeness (QED) is 0.792. The molecule has 2 rings (SSSR count). The number of carboxylic acid groups (broad SMARTS) is 1. The molecule has 1 atom stereocenters. The minimum atomic E-state index is -0.882. The molecule has 0 saturated heterocycles. The largest absolute Gasteiger partial charge is 0.497 e. The van der Waals surface area contributed by atoms with Gasteiger partial charge in [0.25, 0.3) is 0 Å². The van der Waals surface area contributed by atoms with Crippen molar-refractivity contribution in [1.82, 2.24) is 5.43 Å². The zero-order chi connectivity index (χ0) is 11.5. The number of carboxylic acids is 1. The summed E-state index contributed by atoms with van der Waals surface area (Å²) in [7, 11) is 1.60. The first-order valence-electron chi connectivity index (χ1n) is 4.90. The van der Waals surface area contributed by atoms with Crippen molar-refractivity contribution in [3.05, 3.63) is 29.8 Å². The van der Waals surface area contributed by atoms with Crippen LogP contribution in [0.4, 0.5) is 0 Å². The van der Waals surface area contributed by atoms with Crippen molar-refractivity contribution < 1.29 is 14.6 Å². The third-order valence-electron chi connectivity index (χ3n) is 2.47. The maximum Gasteiger partial charge on any atom is 0.328 e. The number of benzene rings is 1. The molecule has 0 saturated carbocycles. The highest BCUT2D eigenvalue weighted by Gasteiger charge is 2.25. The lowest BCUT2D eigenvalue weighted by Gasteiger charge is -2.03. The molecule has 1 aromatic rings. The highest BCUT2D eigenvalue weighted by atomic mass is 16.5. The van der Waals surface area contributed by atoms with Gasteiger partial charge in [0.15, 0.2) is 0 Å². The summed E-state index contributed by atoms with van der Waals surface area (Å²) in [5, 5.41) is 12.8. The van der Waals surface area contributed by atoms with E-state index in [0.29, 0.717) is 6.42 Å². The standard InChI is InChI=1S/C11H12N2O3/c1-16-8-4-2-7(3-5-8)9-6-10(11(14)15)13-12-9/h2-5,10,13H,6H2,1H3,(H,14,15)/t10-/m1/s1. The molecular weight excluding hydrogens is 208 g/mol. The minimum absolute atomic E-state index is 0.404. The molecule has 5 nitrogen and oxygen atoms in total. The van der Waals surface area contributed by atoms with Crippen LogP contribution in [-0.2, 0) is 4.79 Å². The summed E-state index contributed by atoms with van der Waals surface area (Å²) >= 11 is 0. The predicted octanol–water partition coefficient (Wildman–Crippen LogP) is 0.846. The molecule has 0 radical (unpaired) electrons. The van der Waals surface area contributed by atoms with E-state index in [9.17, 15) is 4.79 Å². The maximum absolute atomic E-state index is 10.7. The van der Waals surface area contributed by atoms with Gasteiger partial charge in [0.2, 0.25) is 0 Å². The van der Waals surface area contributed by atoms with Crippen LogP contribution in [0, 0.1) is 0 Å². The molecule has 0 aromatic heterocycles. The van der Waals surface area contributed by atoms with Crippen LogP contribution >= 0.6 is 0 Å². The Kier molecular flexibility index (Phi) is 2.76. The number of carbonyl (C=O) groups is 1. The second-order valence-corrected chi connectivity index (χ2v) is 3.51. The second kappa shape index (κ2) is 4.22. The third-order valence-corrected chi connectivity index (χ3v) is 2.47. The molecule has 2 N–H and O–H groups in total. The molecule has 0 unspecified atom stereocenters. The molecular formula is C11H12N2O3. The fraction of sp³-hybridized carbons (Fsp3) is 0.273. The number of hydrogen-bond acceptors (Lipinski definition) is 4. The number of ether oxygens (including phenoxy) is 1. The molecule has 0 spiro atoms. The number of hydrazone groups is 1. The predicted molar refractivity (Wildman–Crippen MR) is 58.7 cm³/mol. The van der Waals surface area contributed by atoms with Crippen molar-refractivity contribution in [1.29, 1.82) is 0 Å². The molecule has 84 valence electrons. The van der Waals surface area contributed by atoms with Crippen LogP contribution < -0.4 is 10.2 Å². The van der Waals surface area contributed by atoms with E-state index in [-0.39, 0.29) is 0 Å². The van der Waals surface area contributed by atoms with Crippen molar-refractivity contribution in [3.63, 3.8) is 0 Å². The number of methoxy groups -OCH3 is 1. The number of nitrogens with zero attached hydrogens (tertiary/aromatic N) is 1. The Morgan fingerprint density at radius 3 is 2.69 bits per heavy atom. The summed E-state index contributed by atoms with van der Waals surface area (Å²) in [5.74, 6) is -0.114. The van der Waals surface area contributed by atoms with Crippen molar-refractivity contribution in [2.24, 2.45) is 5.10 Å². The normalized spacial score (nSPS) is 18.8. The van der Waals surface area contributed by atoms with E-state index in [4.69, 9.17) is 9.84 Å². The maximum atomic E-state index is 10.7. The van der Waals surface area contributed by atoms with Crippen molar-refractivity contribution in [2.75, 3.05) is 7.11 Å². The third kappa shape index (κ3) is 1.98. The average molecular weight is 220 g/mol. The van der Waals surface area contributed by atoms with E-state index in [2.05, 4.69) is 10.5 Å². The molecule has 1 aliphatic heterocycles. The fourth-order valence-electron chi connectivity index (χ4n) is 1.55. The van der Waals surface area contributed by atoms with E-state index < -0.39 is 12.0 Å². The molecule has 0 aliphatic carbocycles. The number of hydrogen-bond donors (Lipinski definition) is 2. The highest BCUT2D eigenvalue weighted by Crippen LogP contribution is 2.16. The monoisotopic (exact) mass is 220 g/mol. The number of rotatable bonds is 3. The van der Waals surface area contributed by atoms with Crippen LogP contribution in [-0.4, -0.2) is 29.9 Å². The van der Waals surface area contributed by atoms with E-state index in [0.717, 1.165) is 17.0 Å². The Bertz CT molecular complexity index is 425. The molecule has 1 aliphatic rings. The van der Waals surface area contributed by atoms with Gasteiger partial charge in [0.1, 0.15) is 11.8 Å². The minimum Gasteiger partial charge on any atom is -0.497 e. The van der Waals surface area contributed by atoms with Crippen LogP contribution in [0.1, 0.15) is 12.0 Å². The topological polar surface area (TPSA) is 70.9 Å². The van der Waals surface area contributed by atoms with E-state index in [1.54, 1.807) is 7.11 Å². The van der Waals surface area contributed by atoms with Gasteiger partial charge in [-0.3, -0.25) is 5.43 Å². The first-order chi connectivity index (χ1) is 7.70. The van der Waals surface area contributed by atoms with Crippen molar-refractivity contribution >= 4 is 11.7 Å². The Morgan fingerprint density at radius 2 is 2.19 bits per heavy atom. The molecule has 1 heterocycles. The van der Waals surface area contributed by atoms with Gasteiger partial charge >= 0.3 is 5.97 Å². The summed E-state index contributed by atoms with van der Waals surface area (Å²) in [6.45, 7) is 0. The van der Waals surface area contributed by atoms with E-state index in [1.165, 1.54) is 0 Å². The van der Waals surface area contributed by atoms with Gasteiger partial charge in [0.05, 0.1) is 12.8 Å². The summed E-state index contributed by atoms with van der Waals surface area (Å²) < 4.78 is 5.04. The lowest BCUT2D eigenvalue weighted by atomic mass is 10.0. The zero-order valence-corrected chi connectivity index (χ0v) is 8.80. The van der Waals surface area contributed by atoms with Crippen molar-refractivity contribution in [2.45, 2.75) is 12.5 Å². The Morgan fingerprint density at radius 1 is 1.50 bits per heavy atom. The van der Waals surface area contributed by atoms with Crippen LogP contribution in [0.5, 0.6) is 5.75 Å². The molecule has 0 fully saturated rings. The highest BCUT2D eigenvalue weighted by molar-refractivity contribution is 6.04. The van der Waals surface area contributed by atoms with Crippen LogP contribution in [0.2, 0.25) is 0 Å². The van der Waals surface area contributed by atoms with Gasteiger partial charge in [-0.15, -0.1) is 0 Å². The lowest BCUT2D eigenvalue weighted by Crippen LogP contribution is -2.29. The summed E-state index contributed by atoms with van der Waals surface area (Å²) in [5.41, 5.74) is 4.26. The zero-order valence-electron chi connectivity index (χ0n) is 8.80. The van der Waals surface area contributed by atoms with Crippen LogP contribution in [0.15, 0.2) is 29.4 Å². The molecule has 5 heteroatoms. The van der Waals surface area contributed by atoms with Crippen LogP contribution in [0.3, 0.4) is 0 Å². The first-order valence-corrected chi connectivity index (χ1v) is 4.90. The molecule has 0 bridgehead atoms. The van der Waals surface area contributed by atoms with Gasteiger partial charge in [-0.25, -0.2) is 4.79 Å². The Balaban J connectivity index is 2.11. The van der Waals surface area contributed by atoms with E-state index in [1.807, 2.05) is 24.3 Å².